The van der Waals surface area contributed by atoms with Gasteiger partial charge in [-0.2, -0.15) is 0 Å². The third-order valence-electron chi connectivity index (χ3n) is 2.46. The van der Waals surface area contributed by atoms with E-state index in [-0.39, 0.29) is 21.3 Å². The van der Waals surface area contributed by atoms with Crippen molar-refractivity contribution in [2.24, 2.45) is 0 Å². The normalized spacial score (nSPS) is 10.4. The quantitative estimate of drug-likeness (QED) is 0.816. The predicted molar refractivity (Wildman–Crippen MR) is 73.5 cm³/mol. The van der Waals surface area contributed by atoms with E-state index in [0.717, 1.165) is 6.07 Å². The highest BCUT2D eigenvalue weighted by molar-refractivity contribution is 6.35. The lowest BCUT2D eigenvalue weighted by molar-refractivity contribution is 0.209. The molecule has 2 aromatic rings. The Morgan fingerprint density at radius 1 is 1.05 bits per heavy atom. The summed E-state index contributed by atoms with van der Waals surface area (Å²) in [6, 6.07) is 5.88. The molecule has 2 rings (SSSR count). The highest BCUT2D eigenvalue weighted by atomic mass is 35.5. The van der Waals surface area contributed by atoms with Gasteiger partial charge in [0.1, 0.15) is 11.6 Å². The number of anilines is 1. The van der Waals surface area contributed by atoms with Gasteiger partial charge in [-0.3, -0.25) is 5.32 Å². The zero-order chi connectivity index (χ0) is 14.9. The highest BCUT2D eigenvalue weighted by Crippen LogP contribution is 2.34. The third-order valence-corrected chi connectivity index (χ3v) is 2.90. The van der Waals surface area contributed by atoms with Crippen molar-refractivity contribution in [3.8, 4) is 11.1 Å². The fraction of sp³-hybridized carbons (Fsp3) is 0. The van der Waals surface area contributed by atoms with Crippen LogP contribution >= 0.6 is 23.2 Å². The lowest BCUT2D eigenvalue weighted by atomic mass is 10.0. The molecule has 0 saturated carbocycles. The number of hydrogen-bond acceptors (Lipinski definition) is 1. The molecule has 0 bridgehead atoms. The van der Waals surface area contributed by atoms with Crippen LogP contribution in [-0.2, 0) is 0 Å². The minimum atomic E-state index is -1.47. The summed E-state index contributed by atoms with van der Waals surface area (Å²) < 4.78 is 27.1. The molecule has 0 aliphatic rings. The van der Waals surface area contributed by atoms with Crippen molar-refractivity contribution >= 4 is 35.0 Å². The van der Waals surface area contributed by atoms with Crippen molar-refractivity contribution in [2.75, 3.05) is 5.32 Å². The Morgan fingerprint density at radius 3 is 2.20 bits per heavy atom. The molecule has 104 valence electrons. The Bertz CT molecular complexity index is 672. The van der Waals surface area contributed by atoms with Crippen LogP contribution in [0.3, 0.4) is 0 Å². The fourth-order valence-electron chi connectivity index (χ4n) is 1.74. The average molecular weight is 318 g/mol. The third kappa shape index (κ3) is 3.18. The van der Waals surface area contributed by atoms with Crippen LogP contribution in [0, 0.1) is 11.6 Å². The number of carbonyl (C=O) groups is 1. The second kappa shape index (κ2) is 5.64. The SMILES string of the molecule is O=C(O)Nc1c(F)cc(F)cc1-c1cc(Cl)cc(Cl)c1. The van der Waals surface area contributed by atoms with Gasteiger partial charge >= 0.3 is 6.09 Å². The zero-order valence-electron chi connectivity index (χ0n) is 9.75. The van der Waals surface area contributed by atoms with E-state index in [2.05, 4.69) is 0 Å². The molecule has 0 spiro atoms. The molecule has 0 aliphatic carbocycles. The van der Waals surface area contributed by atoms with Gasteiger partial charge in [-0.05, 0) is 29.8 Å². The second-order valence-corrected chi connectivity index (χ2v) is 4.77. The van der Waals surface area contributed by atoms with E-state index < -0.39 is 17.7 Å². The molecule has 0 fully saturated rings. The minimum Gasteiger partial charge on any atom is -0.465 e. The molecular weight excluding hydrogens is 311 g/mol. The van der Waals surface area contributed by atoms with Gasteiger partial charge in [-0.1, -0.05) is 23.2 Å². The summed E-state index contributed by atoms with van der Waals surface area (Å²) in [5.41, 5.74) is -0.0591. The number of hydrogen-bond donors (Lipinski definition) is 2. The van der Waals surface area contributed by atoms with Crippen LogP contribution in [0.5, 0.6) is 0 Å². The molecule has 0 radical (unpaired) electrons. The van der Waals surface area contributed by atoms with Crippen LogP contribution < -0.4 is 5.32 Å². The molecule has 2 aromatic carbocycles. The van der Waals surface area contributed by atoms with E-state index in [4.69, 9.17) is 28.3 Å². The first-order valence-electron chi connectivity index (χ1n) is 5.32. The number of rotatable bonds is 2. The molecule has 0 saturated heterocycles. The van der Waals surface area contributed by atoms with E-state index in [1.54, 1.807) is 0 Å². The molecule has 0 aromatic heterocycles. The smallest absolute Gasteiger partial charge is 0.409 e. The molecule has 2 N–H and O–H groups in total. The van der Waals surface area contributed by atoms with Gasteiger partial charge in [0, 0.05) is 21.7 Å². The first kappa shape index (κ1) is 14.6. The fourth-order valence-corrected chi connectivity index (χ4v) is 2.27. The zero-order valence-corrected chi connectivity index (χ0v) is 11.3. The van der Waals surface area contributed by atoms with Gasteiger partial charge in [0.25, 0.3) is 0 Å². The molecule has 0 heterocycles. The summed E-state index contributed by atoms with van der Waals surface area (Å²) in [5.74, 6) is -1.87. The van der Waals surface area contributed by atoms with Crippen molar-refractivity contribution in [2.45, 2.75) is 0 Å². The monoisotopic (exact) mass is 317 g/mol. The van der Waals surface area contributed by atoms with E-state index in [9.17, 15) is 13.6 Å². The Kier molecular flexibility index (Phi) is 4.11. The highest BCUT2D eigenvalue weighted by Gasteiger charge is 2.16. The number of benzene rings is 2. The van der Waals surface area contributed by atoms with Gasteiger partial charge < -0.3 is 5.11 Å². The summed E-state index contributed by atoms with van der Waals surface area (Å²) >= 11 is 11.7. The Balaban J connectivity index is 2.67. The molecule has 0 unspecified atom stereocenters. The molecule has 3 nitrogen and oxygen atoms in total. The lowest BCUT2D eigenvalue weighted by Crippen LogP contribution is -2.10. The first-order valence-corrected chi connectivity index (χ1v) is 6.08. The molecule has 7 heteroatoms. The van der Waals surface area contributed by atoms with Crippen LogP contribution in [0.1, 0.15) is 0 Å². The maximum atomic E-state index is 13.7. The topological polar surface area (TPSA) is 49.3 Å². The van der Waals surface area contributed by atoms with E-state index in [1.165, 1.54) is 18.2 Å². The Labute approximate surface area is 122 Å². The van der Waals surface area contributed by atoms with Crippen LogP contribution in [0.4, 0.5) is 19.3 Å². The van der Waals surface area contributed by atoms with Crippen LogP contribution in [0.15, 0.2) is 30.3 Å². The Morgan fingerprint density at radius 2 is 1.65 bits per heavy atom. The van der Waals surface area contributed by atoms with Gasteiger partial charge in [0.2, 0.25) is 0 Å². The van der Waals surface area contributed by atoms with E-state index in [1.807, 2.05) is 5.32 Å². The maximum Gasteiger partial charge on any atom is 0.409 e. The second-order valence-electron chi connectivity index (χ2n) is 3.90. The summed E-state index contributed by atoms with van der Waals surface area (Å²) in [6.45, 7) is 0. The Hall–Kier alpha value is -1.85. The number of carboxylic acid groups (broad SMARTS) is 1. The number of halogens is 4. The van der Waals surface area contributed by atoms with Crippen molar-refractivity contribution in [1.29, 1.82) is 0 Å². The lowest BCUT2D eigenvalue weighted by Gasteiger charge is -2.11. The molecule has 1 amide bonds. The van der Waals surface area contributed by atoms with Crippen LogP contribution in [0.25, 0.3) is 11.1 Å². The molecule has 0 atom stereocenters. The van der Waals surface area contributed by atoms with Gasteiger partial charge in [0.05, 0.1) is 5.69 Å². The van der Waals surface area contributed by atoms with Crippen molar-refractivity contribution in [1.82, 2.24) is 0 Å². The standard InChI is InChI=1S/C13H7Cl2F2NO2/c14-7-1-6(2-8(15)3-7)10-4-9(16)5-11(17)12(10)18-13(19)20/h1-5,18H,(H,19,20). The van der Waals surface area contributed by atoms with Gasteiger partial charge in [0.15, 0.2) is 0 Å². The predicted octanol–water partition coefficient (Wildman–Crippen LogP) is 5.03. The first-order chi connectivity index (χ1) is 9.36. The molecular formula is C13H7Cl2F2NO2. The largest absolute Gasteiger partial charge is 0.465 e. The summed E-state index contributed by atoms with van der Waals surface area (Å²) in [5, 5.41) is 11.1. The number of nitrogens with one attached hydrogen (secondary N) is 1. The van der Waals surface area contributed by atoms with Gasteiger partial charge in [-0.15, -0.1) is 0 Å². The molecule has 20 heavy (non-hydrogen) atoms. The van der Waals surface area contributed by atoms with Crippen molar-refractivity contribution in [3.05, 3.63) is 52.0 Å². The van der Waals surface area contributed by atoms with Crippen molar-refractivity contribution < 1.29 is 18.7 Å². The maximum absolute atomic E-state index is 13.7. The minimum absolute atomic E-state index is 0.00861. The van der Waals surface area contributed by atoms with E-state index in [0.29, 0.717) is 11.6 Å². The van der Waals surface area contributed by atoms with Gasteiger partial charge in [-0.25, -0.2) is 13.6 Å². The van der Waals surface area contributed by atoms with E-state index >= 15 is 0 Å². The van der Waals surface area contributed by atoms with Crippen LogP contribution in [0.2, 0.25) is 10.0 Å². The average Bonchev–Trinajstić information content (AvgIpc) is 2.30. The van der Waals surface area contributed by atoms with Crippen LogP contribution in [-0.4, -0.2) is 11.2 Å². The number of amides is 1. The van der Waals surface area contributed by atoms with Crippen molar-refractivity contribution in [3.63, 3.8) is 0 Å². The summed E-state index contributed by atoms with van der Waals surface area (Å²) in [7, 11) is 0. The molecule has 0 aliphatic heterocycles. The summed E-state index contributed by atoms with van der Waals surface area (Å²) in [4.78, 5) is 10.7. The summed E-state index contributed by atoms with van der Waals surface area (Å²) in [6.07, 6.45) is -1.47.